The van der Waals surface area contributed by atoms with Crippen LogP contribution in [0.15, 0.2) is 30.5 Å². The van der Waals surface area contributed by atoms with Crippen LogP contribution in [0.4, 0.5) is 4.79 Å². The highest BCUT2D eigenvalue weighted by Crippen LogP contribution is 2.32. The van der Waals surface area contributed by atoms with Crippen molar-refractivity contribution in [2.45, 2.75) is 64.2 Å². The van der Waals surface area contributed by atoms with Crippen LogP contribution in [-0.4, -0.2) is 45.7 Å². The van der Waals surface area contributed by atoms with Gasteiger partial charge in [0.05, 0.1) is 36.5 Å². The Hall–Kier alpha value is -2.18. The van der Waals surface area contributed by atoms with Gasteiger partial charge in [-0.05, 0) is 74.9 Å². The fraction of sp³-hybridized carbons (Fsp3) is 0.522. The molecule has 1 aliphatic heterocycles. The zero-order chi connectivity index (χ0) is 21.3. The van der Waals surface area contributed by atoms with Gasteiger partial charge < -0.3 is 15.0 Å². The molecule has 1 unspecified atom stereocenters. The van der Waals surface area contributed by atoms with E-state index >= 15 is 0 Å². The Balaban J connectivity index is 1.45. The number of nitrogens with zero attached hydrogens (tertiary/aromatic N) is 3. The Morgan fingerprint density at radius 1 is 1.23 bits per heavy atom. The fourth-order valence-electron chi connectivity index (χ4n) is 4.21. The molecular formula is C23H29ClN4O2. The number of likely N-dealkylation sites (tertiary alicyclic amines) is 1. The Bertz CT molecular complexity index is 922. The second-order valence-electron chi connectivity index (χ2n) is 9.13. The first kappa shape index (κ1) is 21.1. The highest BCUT2D eigenvalue weighted by atomic mass is 35.5. The number of ether oxygens (including phenoxy) is 1. The van der Waals surface area contributed by atoms with E-state index in [2.05, 4.69) is 33.5 Å². The SMILES string of the molecule is CC(C)(C)OC1CN(C(=O)NC2CCCCc3cc(-c4ccnc(Cl)n4)ccc32)C1. The number of hydrogen-bond acceptors (Lipinski definition) is 4. The van der Waals surface area contributed by atoms with Crippen molar-refractivity contribution in [3.05, 3.63) is 46.9 Å². The van der Waals surface area contributed by atoms with Crippen LogP contribution in [0.25, 0.3) is 11.3 Å². The predicted molar refractivity (Wildman–Crippen MR) is 118 cm³/mol. The lowest BCUT2D eigenvalue weighted by molar-refractivity contribution is -0.111. The average Bonchev–Trinajstić information content (AvgIpc) is 2.85. The minimum atomic E-state index is -0.181. The normalized spacial score (nSPS) is 19.6. The number of urea groups is 1. The molecule has 1 N–H and O–H groups in total. The lowest BCUT2D eigenvalue weighted by Crippen LogP contribution is -2.59. The molecule has 1 fully saturated rings. The summed E-state index contributed by atoms with van der Waals surface area (Å²) in [6, 6.07) is 8.24. The molecule has 4 rings (SSSR count). The van der Waals surface area contributed by atoms with E-state index in [-0.39, 0.29) is 29.1 Å². The van der Waals surface area contributed by atoms with Gasteiger partial charge in [-0.25, -0.2) is 14.8 Å². The maximum absolute atomic E-state index is 12.8. The van der Waals surface area contributed by atoms with E-state index in [0.717, 1.165) is 36.9 Å². The number of aromatic nitrogens is 2. The Morgan fingerprint density at radius 2 is 2.03 bits per heavy atom. The van der Waals surface area contributed by atoms with Gasteiger partial charge in [0, 0.05) is 11.8 Å². The number of nitrogens with one attached hydrogen (secondary N) is 1. The number of carbonyl (C=O) groups is 1. The van der Waals surface area contributed by atoms with Gasteiger partial charge in [-0.2, -0.15) is 0 Å². The minimum absolute atomic E-state index is 0.00623. The summed E-state index contributed by atoms with van der Waals surface area (Å²) in [5, 5.41) is 3.50. The Labute approximate surface area is 183 Å². The third kappa shape index (κ3) is 4.93. The third-order valence-corrected chi connectivity index (χ3v) is 5.76. The number of carbonyl (C=O) groups excluding carboxylic acids is 1. The van der Waals surface area contributed by atoms with Crippen molar-refractivity contribution < 1.29 is 9.53 Å². The van der Waals surface area contributed by atoms with Crippen LogP contribution in [0.5, 0.6) is 0 Å². The molecule has 6 nitrogen and oxygen atoms in total. The van der Waals surface area contributed by atoms with Gasteiger partial charge >= 0.3 is 6.03 Å². The summed E-state index contributed by atoms with van der Waals surface area (Å²) in [6.45, 7) is 7.43. The summed E-state index contributed by atoms with van der Waals surface area (Å²) in [5.41, 5.74) is 4.12. The average molecular weight is 429 g/mol. The molecule has 1 aliphatic carbocycles. The van der Waals surface area contributed by atoms with Crippen LogP contribution in [0.3, 0.4) is 0 Å². The van der Waals surface area contributed by atoms with Gasteiger partial charge in [0.25, 0.3) is 0 Å². The summed E-state index contributed by atoms with van der Waals surface area (Å²) in [4.78, 5) is 22.9. The van der Waals surface area contributed by atoms with Crippen LogP contribution in [-0.2, 0) is 11.2 Å². The molecule has 0 bridgehead atoms. The quantitative estimate of drug-likeness (QED) is 0.564. The van der Waals surface area contributed by atoms with Crippen molar-refractivity contribution in [1.29, 1.82) is 0 Å². The standard InChI is InChI=1S/C23H29ClN4O2/c1-23(2,3)30-17-13-28(14-17)22(29)27-20-7-5-4-6-15-12-16(8-9-18(15)20)19-10-11-25-21(24)26-19/h8-12,17,20H,4-7,13-14H2,1-3H3,(H,27,29). The van der Waals surface area contributed by atoms with Crippen molar-refractivity contribution >= 4 is 17.6 Å². The van der Waals surface area contributed by atoms with Crippen LogP contribution >= 0.6 is 11.6 Å². The molecule has 7 heteroatoms. The number of hydrogen-bond donors (Lipinski definition) is 1. The molecule has 1 aromatic carbocycles. The lowest BCUT2D eigenvalue weighted by atomic mass is 9.95. The fourth-order valence-corrected chi connectivity index (χ4v) is 4.35. The van der Waals surface area contributed by atoms with E-state index < -0.39 is 0 Å². The van der Waals surface area contributed by atoms with E-state index in [1.54, 1.807) is 6.20 Å². The Kier molecular flexibility index (Phi) is 5.98. The van der Waals surface area contributed by atoms with Crippen molar-refractivity contribution in [2.75, 3.05) is 13.1 Å². The predicted octanol–water partition coefficient (Wildman–Crippen LogP) is 4.77. The molecular weight excluding hydrogens is 400 g/mol. The number of rotatable bonds is 3. The third-order valence-electron chi connectivity index (χ3n) is 5.58. The van der Waals surface area contributed by atoms with Crippen LogP contribution in [0.1, 0.15) is 57.2 Å². The highest BCUT2D eigenvalue weighted by Gasteiger charge is 2.35. The van der Waals surface area contributed by atoms with E-state index in [9.17, 15) is 4.79 Å². The zero-order valence-corrected chi connectivity index (χ0v) is 18.6. The number of amides is 2. The topological polar surface area (TPSA) is 67.3 Å². The summed E-state index contributed by atoms with van der Waals surface area (Å²) in [6.07, 6.45) is 5.94. The van der Waals surface area contributed by atoms with Crippen molar-refractivity contribution in [1.82, 2.24) is 20.2 Å². The van der Waals surface area contributed by atoms with Crippen molar-refractivity contribution in [3.8, 4) is 11.3 Å². The molecule has 0 radical (unpaired) electrons. The van der Waals surface area contributed by atoms with E-state index in [1.165, 1.54) is 11.1 Å². The second kappa shape index (κ2) is 8.52. The molecule has 2 aliphatic rings. The monoisotopic (exact) mass is 428 g/mol. The van der Waals surface area contributed by atoms with Crippen LogP contribution in [0, 0.1) is 0 Å². The molecule has 1 saturated heterocycles. The summed E-state index contributed by atoms with van der Waals surface area (Å²) in [7, 11) is 0. The van der Waals surface area contributed by atoms with E-state index in [0.29, 0.717) is 13.1 Å². The van der Waals surface area contributed by atoms with Gasteiger partial charge in [-0.1, -0.05) is 18.6 Å². The second-order valence-corrected chi connectivity index (χ2v) is 9.47. The minimum Gasteiger partial charge on any atom is -0.369 e. The first-order valence-corrected chi connectivity index (χ1v) is 11.0. The molecule has 1 aromatic heterocycles. The molecule has 0 saturated carbocycles. The number of aryl methyl sites for hydroxylation is 1. The van der Waals surface area contributed by atoms with Gasteiger partial charge in [0.2, 0.25) is 5.28 Å². The molecule has 2 heterocycles. The number of fused-ring (bicyclic) bond motifs is 1. The maximum Gasteiger partial charge on any atom is 0.318 e. The molecule has 30 heavy (non-hydrogen) atoms. The van der Waals surface area contributed by atoms with Crippen LogP contribution < -0.4 is 5.32 Å². The smallest absolute Gasteiger partial charge is 0.318 e. The van der Waals surface area contributed by atoms with Gasteiger partial charge in [-0.15, -0.1) is 0 Å². The molecule has 160 valence electrons. The first-order chi connectivity index (χ1) is 14.3. The zero-order valence-electron chi connectivity index (χ0n) is 17.8. The maximum atomic E-state index is 12.8. The molecule has 2 aromatic rings. The highest BCUT2D eigenvalue weighted by molar-refractivity contribution is 6.28. The molecule has 0 spiro atoms. The Morgan fingerprint density at radius 3 is 2.77 bits per heavy atom. The van der Waals surface area contributed by atoms with Gasteiger partial charge in [-0.3, -0.25) is 0 Å². The largest absolute Gasteiger partial charge is 0.369 e. The van der Waals surface area contributed by atoms with Gasteiger partial charge in [0.15, 0.2) is 0 Å². The van der Waals surface area contributed by atoms with E-state index in [4.69, 9.17) is 16.3 Å². The van der Waals surface area contributed by atoms with Gasteiger partial charge in [0.1, 0.15) is 0 Å². The van der Waals surface area contributed by atoms with Crippen LogP contribution in [0.2, 0.25) is 5.28 Å². The first-order valence-electron chi connectivity index (χ1n) is 10.6. The summed E-state index contributed by atoms with van der Waals surface area (Å²) < 4.78 is 5.94. The molecule has 1 atom stereocenters. The summed E-state index contributed by atoms with van der Waals surface area (Å²) in [5.74, 6) is 0. The van der Waals surface area contributed by atoms with Crippen molar-refractivity contribution in [2.24, 2.45) is 0 Å². The number of benzene rings is 1. The summed E-state index contributed by atoms with van der Waals surface area (Å²) >= 11 is 5.96. The van der Waals surface area contributed by atoms with E-state index in [1.807, 2.05) is 31.7 Å². The number of halogens is 1. The molecule has 2 amide bonds. The van der Waals surface area contributed by atoms with Crippen molar-refractivity contribution in [3.63, 3.8) is 0 Å². The lowest BCUT2D eigenvalue weighted by Gasteiger charge is -2.42.